The summed E-state index contributed by atoms with van der Waals surface area (Å²) in [5, 5.41) is 1.50. The largest absolute Gasteiger partial charge is 0.490 e. The summed E-state index contributed by atoms with van der Waals surface area (Å²) < 4.78 is 5.61. The second kappa shape index (κ2) is 3.94. The summed E-state index contributed by atoms with van der Waals surface area (Å²) >= 11 is 0. The van der Waals surface area contributed by atoms with Gasteiger partial charge in [-0.25, -0.2) is 5.01 Å². The summed E-state index contributed by atoms with van der Waals surface area (Å²) in [4.78, 5) is 12.2. The van der Waals surface area contributed by atoms with Gasteiger partial charge in [-0.2, -0.15) is 0 Å². The van der Waals surface area contributed by atoms with Gasteiger partial charge in [0, 0.05) is 12.0 Å². The Morgan fingerprint density at radius 2 is 2.39 bits per heavy atom. The molecule has 0 aliphatic carbocycles. The molecule has 0 bridgehead atoms. The molecule has 0 spiro atoms. The molecule has 0 saturated heterocycles. The zero-order valence-corrected chi connectivity index (χ0v) is 10.1. The van der Waals surface area contributed by atoms with Crippen LogP contribution < -0.4 is 15.9 Å². The molecule has 0 radical (unpaired) electrons. The van der Waals surface area contributed by atoms with Crippen LogP contribution in [0.4, 0.5) is 0 Å². The molecule has 1 unspecified atom stereocenters. The summed E-state index contributed by atoms with van der Waals surface area (Å²) in [7, 11) is 0. The van der Waals surface area contributed by atoms with Crippen molar-refractivity contribution in [3.8, 4) is 5.75 Å². The van der Waals surface area contributed by atoms with Crippen molar-refractivity contribution in [2.24, 2.45) is 5.73 Å². The molecular formula is C13H15N3O2. The number of rotatable bonds is 1. The monoisotopic (exact) mass is 245 g/mol. The Labute approximate surface area is 105 Å². The Kier molecular flexibility index (Phi) is 2.40. The molecule has 3 rings (SSSR count). The van der Waals surface area contributed by atoms with Crippen LogP contribution in [0.15, 0.2) is 30.1 Å². The van der Waals surface area contributed by atoms with E-state index in [-0.39, 0.29) is 12.0 Å². The summed E-state index contributed by atoms with van der Waals surface area (Å²) in [6.07, 6.45) is 2.81. The zero-order chi connectivity index (χ0) is 12.7. The number of carbonyl (C=O) groups excluding carboxylic acids is 1. The third-order valence-electron chi connectivity index (χ3n) is 3.15. The second-order valence-corrected chi connectivity index (χ2v) is 4.64. The maximum absolute atomic E-state index is 12.2. The number of fused-ring (bicyclic) bond motifs is 1. The van der Waals surface area contributed by atoms with Crippen LogP contribution in [0.1, 0.15) is 22.8 Å². The predicted octanol–water partition coefficient (Wildman–Crippen LogP) is 0.770. The van der Waals surface area contributed by atoms with Gasteiger partial charge in [0.1, 0.15) is 17.7 Å². The van der Waals surface area contributed by atoms with E-state index in [2.05, 4.69) is 5.43 Å². The minimum atomic E-state index is -0.0750. The minimum Gasteiger partial charge on any atom is -0.490 e. The molecule has 94 valence electrons. The topological polar surface area (TPSA) is 67.6 Å². The lowest BCUT2D eigenvalue weighted by atomic mass is 10.1. The molecule has 2 aliphatic rings. The third-order valence-corrected chi connectivity index (χ3v) is 3.15. The van der Waals surface area contributed by atoms with Crippen LogP contribution in [0.25, 0.3) is 0 Å². The number of benzene rings is 1. The standard InChI is InChI=1S/C13H15N3O2/c1-8-6-10-7-9(2-3-11(10)18-8)13(17)16-5-4-12(14)15-16/h2-4,7-8,15H,5-6,14H2,1H3. The van der Waals surface area contributed by atoms with E-state index in [0.717, 1.165) is 17.7 Å². The van der Waals surface area contributed by atoms with Gasteiger partial charge in [-0.15, -0.1) is 0 Å². The molecule has 0 fully saturated rings. The fourth-order valence-electron chi connectivity index (χ4n) is 2.28. The SMILES string of the molecule is CC1Cc2cc(C(=O)N3CC=C(N)N3)ccc2O1. The van der Waals surface area contributed by atoms with Gasteiger partial charge < -0.3 is 10.5 Å². The van der Waals surface area contributed by atoms with Crippen LogP contribution in [-0.2, 0) is 6.42 Å². The average Bonchev–Trinajstić information content (AvgIpc) is 2.92. The molecule has 1 aromatic rings. The van der Waals surface area contributed by atoms with E-state index in [1.54, 1.807) is 12.1 Å². The van der Waals surface area contributed by atoms with Crippen molar-refractivity contribution in [2.75, 3.05) is 6.54 Å². The van der Waals surface area contributed by atoms with Gasteiger partial charge in [0.15, 0.2) is 0 Å². The summed E-state index contributed by atoms with van der Waals surface area (Å²) in [6.45, 7) is 2.52. The highest BCUT2D eigenvalue weighted by Crippen LogP contribution is 2.29. The lowest BCUT2D eigenvalue weighted by Gasteiger charge is -2.17. The van der Waals surface area contributed by atoms with Gasteiger partial charge in [-0.05, 0) is 36.8 Å². The maximum Gasteiger partial charge on any atom is 0.272 e. The Hall–Kier alpha value is -2.17. The Morgan fingerprint density at radius 1 is 1.56 bits per heavy atom. The molecule has 0 saturated carbocycles. The first kappa shape index (κ1) is 11.0. The number of amides is 1. The lowest BCUT2D eigenvalue weighted by Crippen LogP contribution is -2.39. The number of hydrazine groups is 1. The van der Waals surface area contributed by atoms with Crippen molar-refractivity contribution >= 4 is 5.91 Å². The molecule has 0 aromatic heterocycles. The quantitative estimate of drug-likeness (QED) is 0.767. The molecule has 1 amide bonds. The summed E-state index contributed by atoms with van der Waals surface area (Å²) in [5.74, 6) is 1.32. The number of hydrogen-bond donors (Lipinski definition) is 2. The van der Waals surface area contributed by atoms with Gasteiger partial charge in [0.2, 0.25) is 0 Å². The Balaban J connectivity index is 1.81. The number of hydrogen-bond acceptors (Lipinski definition) is 4. The highest BCUT2D eigenvalue weighted by atomic mass is 16.5. The van der Waals surface area contributed by atoms with E-state index in [1.165, 1.54) is 5.01 Å². The molecule has 5 nitrogen and oxygen atoms in total. The maximum atomic E-state index is 12.2. The van der Waals surface area contributed by atoms with Crippen LogP contribution in [0.2, 0.25) is 0 Å². The van der Waals surface area contributed by atoms with Gasteiger partial charge in [-0.3, -0.25) is 10.2 Å². The smallest absolute Gasteiger partial charge is 0.272 e. The fraction of sp³-hybridized carbons (Fsp3) is 0.308. The molecule has 2 aliphatic heterocycles. The van der Waals surface area contributed by atoms with Crippen LogP contribution in [0.5, 0.6) is 5.75 Å². The third kappa shape index (κ3) is 1.77. The number of nitrogens with one attached hydrogen (secondary N) is 1. The molecule has 1 atom stereocenters. The van der Waals surface area contributed by atoms with Crippen molar-refractivity contribution in [2.45, 2.75) is 19.4 Å². The first-order chi connectivity index (χ1) is 8.63. The lowest BCUT2D eigenvalue weighted by molar-refractivity contribution is 0.0730. The zero-order valence-electron chi connectivity index (χ0n) is 10.1. The van der Waals surface area contributed by atoms with Crippen molar-refractivity contribution in [1.29, 1.82) is 0 Å². The second-order valence-electron chi connectivity index (χ2n) is 4.64. The van der Waals surface area contributed by atoms with Crippen LogP contribution in [-0.4, -0.2) is 23.6 Å². The molecule has 18 heavy (non-hydrogen) atoms. The Bertz CT molecular complexity index is 539. The van der Waals surface area contributed by atoms with E-state index in [9.17, 15) is 4.79 Å². The first-order valence-electron chi connectivity index (χ1n) is 5.97. The molecule has 2 heterocycles. The number of nitrogens with zero attached hydrogens (tertiary/aromatic N) is 1. The first-order valence-corrected chi connectivity index (χ1v) is 5.97. The van der Waals surface area contributed by atoms with Crippen molar-refractivity contribution in [1.82, 2.24) is 10.4 Å². The van der Waals surface area contributed by atoms with Gasteiger partial charge in [-0.1, -0.05) is 0 Å². The van der Waals surface area contributed by atoms with E-state index < -0.39 is 0 Å². The number of ether oxygens (including phenoxy) is 1. The summed E-state index contributed by atoms with van der Waals surface area (Å²) in [6, 6.07) is 5.55. The fourth-order valence-corrected chi connectivity index (χ4v) is 2.28. The van der Waals surface area contributed by atoms with Gasteiger partial charge >= 0.3 is 0 Å². The predicted molar refractivity (Wildman–Crippen MR) is 66.7 cm³/mol. The minimum absolute atomic E-state index is 0.0750. The van der Waals surface area contributed by atoms with Crippen molar-refractivity contribution < 1.29 is 9.53 Å². The van der Waals surface area contributed by atoms with Crippen molar-refractivity contribution in [3.05, 3.63) is 41.2 Å². The molecular weight excluding hydrogens is 230 g/mol. The van der Waals surface area contributed by atoms with E-state index in [1.807, 2.05) is 19.1 Å². The van der Waals surface area contributed by atoms with Crippen molar-refractivity contribution in [3.63, 3.8) is 0 Å². The highest BCUT2D eigenvalue weighted by molar-refractivity contribution is 5.94. The highest BCUT2D eigenvalue weighted by Gasteiger charge is 2.23. The molecule has 1 aromatic carbocycles. The van der Waals surface area contributed by atoms with Crippen LogP contribution in [0, 0.1) is 0 Å². The van der Waals surface area contributed by atoms with Gasteiger partial charge in [0.05, 0.1) is 6.54 Å². The van der Waals surface area contributed by atoms with Crippen LogP contribution in [0.3, 0.4) is 0 Å². The normalized spacial score (nSPS) is 21.1. The molecule has 3 N–H and O–H groups in total. The van der Waals surface area contributed by atoms with Gasteiger partial charge in [0.25, 0.3) is 5.91 Å². The number of carbonyl (C=O) groups is 1. The van der Waals surface area contributed by atoms with Crippen LogP contribution >= 0.6 is 0 Å². The summed E-state index contributed by atoms with van der Waals surface area (Å²) in [5.41, 5.74) is 10.2. The van der Waals surface area contributed by atoms with E-state index >= 15 is 0 Å². The average molecular weight is 245 g/mol. The Morgan fingerprint density at radius 3 is 3.11 bits per heavy atom. The number of nitrogens with two attached hydrogens (primary N) is 1. The molecule has 5 heteroatoms. The van der Waals surface area contributed by atoms with E-state index in [0.29, 0.717) is 17.9 Å². The van der Waals surface area contributed by atoms with E-state index in [4.69, 9.17) is 10.5 Å².